The molecule has 1 nitrogen and oxygen atoms in total. The fourth-order valence-electron chi connectivity index (χ4n) is 0.311. The van der Waals surface area contributed by atoms with Crippen molar-refractivity contribution in [2.75, 3.05) is 6.61 Å². The van der Waals surface area contributed by atoms with Crippen LogP contribution in [0.4, 0.5) is 0 Å². The Hall–Kier alpha value is -0.460. The van der Waals surface area contributed by atoms with Crippen molar-refractivity contribution in [2.45, 2.75) is 48.5 Å². The second-order valence-electron chi connectivity index (χ2n) is 1.33. The third kappa shape index (κ3) is 26.3. The van der Waals surface area contributed by atoms with E-state index in [0.29, 0.717) is 0 Å². The zero-order valence-corrected chi connectivity index (χ0v) is 9.19. The maximum Gasteiger partial charge on any atom is 0.0886 e. The number of allylic oxidation sites excluding steroid dienone is 2. The van der Waals surface area contributed by atoms with E-state index in [1.165, 1.54) is 0 Å². The minimum Gasteiger partial charge on any atom is -0.499 e. The van der Waals surface area contributed by atoms with Crippen molar-refractivity contribution in [2.24, 2.45) is 0 Å². The lowest BCUT2D eigenvalue weighted by molar-refractivity contribution is 0.231. The molecule has 1 heteroatoms. The van der Waals surface area contributed by atoms with E-state index < -0.39 is 0 Å². The highest BCUT2D eigenvalue weighted by Gasteiger charge is 1.77. The monoisotopic (exact) mass is 160 g/mol. The second-order valence-corrected chi connectivity index (χ2v) is 1.33. The Labute approximate surface area is 72.5 Å². The Kier molecular flexibility index (Phi) is 34.8. The molecule has 0 spiro atoms. The quantitative estimate of drug-likeness (QED) is 0.555. The first-order chi connectivity index (χ1) is 5.31. The van der Waals surface area contributed by atoms with E-state index >= 15 is 0 Å². The Balaban J connectivity index is -0.000000138. The minimum absolute atomic E-state index is 0.774. The molecule has 0 unspecified atom stereocenters. The van der Waals surface area contributed by atoms with Crippen LogP contribution >= 0.6 is 0 Å². The highest BCUT2D eigenvalue weighted by atomic mass is 16.5. The zero-order chi connectivity index (χ0) is 9.70. The van der Waals surface area contributed by atoms with Gasteiger partial charge in [0.1, 0.15) is 0 Å². The van der Waals surface area contributed by atoms with Gasteiger partial charge in [-0.2, -0.15) is 0 Å². The molecule has 11 heavy (non-hydrogen) atoms. The van der Waals surface area contributed by atoms with E-state index in [9.17, 15) is 0 Å². The first-order valence-electron chi connectivity index (χ1n) is 4.57. The molecular weight excluding hydrogens is 136 g/mol. The smallest absolute Gasteiger partial charge is 0.0886 e. The molecule has 0 aromatic heterocycles. The molecule has 0 radical (unpaired) electrons. The van der Waals surface area contributed by atoms with Crippen LogP contribution in [0.1, 0.15) is 48.5 Å². The largest absolute Gasteiger partial charge is 0.499 e. The highest BCUT2D eigenvalue weighted by Crippen LogP contribution is 1.91. The molecule has 0 heterocycles. The highest BCUT2D eigenvalue weighted by molar-refractivity contribution is 4.83. The standard InChI is InChI=1S/C6H12O.2C2H6/c1-4-6(3)7-5-2;2*1-2/h4H,5H2,1-3H3;2*1-2H3/b6-4-;;. The normalized spacial score (nSPS) is 8.45. The Morgan fingerprint density at radius 1 is 1.18 bits per heavy atom. The van der Waals surface area contributed by atoms with Crippen molar-refractivity contribution < 1.29 is 4.74 Å². The van der Waals surface area contributed by atoms with Gasteiger partial charge in [-0.15, -0.1) is 0 Å². The lowest BCUT2D eigenvalue weighted by atomic mass is 10.5. The first-order valence-corrected chi connectivity index (χ1v) is 4.57. The van der Waals surface area contributed by atoms with Crippen LogP contribution in [0.2, 0.25) is 0 Å². The van der Waals surface area contributed by atoms with E-state index in [0.717, 1.165) is 12.4 Å². The summed E-state index contributed by atoms with van der Waals surface area (Å²) in [6.45, 7) is 14.7. The van der Waals surface area contributed by atoms with Gasteiger partial charge < -0.3 is 4.74 Å². The Bertz CT molecular complexity index is 65.3. The summed E-state index contributed by atoms with van der Waals surface area (Å²) >= 11 is 0. The molecule has 0 saturated heterocycles. The molecule has 0 atom stereocenters. The molecule has 0 aromatic carbocycles. The predicted molar refractivity (Wildman–Crippen MR) is 53.8 cm³/mol. The first kappa shape index (κ1) is 16.9. The van der Waals surface area contributed by atoms with Crippen LogP contribution in [-0.2, 0) is 4.74 Å². The summed E-state index contributed by atoms with van der Waals surface area (Å²) in [4.78, 5) is 0. The fraction of sp³-hybridized carbons (Fsp3) is 0.800. The second kappa shape index (κ2) is 22.7. The molecule has 0 N–H and O–H groups in total. The average molecular weight is 160 g/mol. The lowest BCUT2D eigenvalue weighted by Gasteiger charge is -1.98. The molecule has 0 rings (SSSR count). The summed E-state index contributed by atoms with van der Waals surface area (Å²) in [7, 11) is 0. The van der Waals surface area contributed by atoms with Crippen LogP contribution in [0.5, 0.6) is 0 Å². The number of ether oxygens (including phenoxy) is 1. The topological polar surface area (TPSA) is 9.23 Å². The van der Waals surface area contributed by atoms with Gasteiger partial charge in [0, 0.05) is 0 Å². The van der Waals surface area contributed by atoms with Crippen molar-refractivity contribution in [3.63, 3.8) is 0 Å². The van der Waals surface area contributed by atoms with Crippen LogP contribution in [0.3, 0.4) is 0 Å². The Morgan fingerprint density at radius 3 is 1.64 bits per heavy atom. The van der Waals surface area contributed by atoms with Crippen molar-refractivity contribution in [1.29, 1.82) is 0 Å². The molecule has 0 aromatic rings. The van der Waals surface area contributed by atoms with E-state index in [4.69, 9.17) is 4.74 Å². The van der Waals surface area contributed by atoms with Crippen molar-refractivity contribution in [3.8, 4) is 0 Å². The number of hydrogen-bond acceptors (Lipinski definition) is 1. The van der Waals surface area contributed by atoms with Gasteiger partial charge in [-0.05, 0) is 20.8 Å². The van der Waals surface area contributed by atoms with Gasteiger partial charge in [-0.1, -0.05) is 33.8 Å². The number of hydrogen-bond donors (Lipinski definition) is 0. The summed E-state index contributed by atoms with van der Waals surface area (Å²) in [6, 6.07) is 0. The van der Waals surface area contributed by atoms with E-state index in [2.05, 4.69) is 0 Å². The molecule has 0 fully saturated rings. The minimum atomic E-state index is 0.774. The number of rotatable bonds is 2. The van der Waals surface area contributed by atoms with E-state index in [1.54, 1.807) is 0 Å². The molecule has 0 saturated carbocycles. The zero-order valence-electron chi connectivity index (χ0n) is 9.19. The summed E-state index contributed by atoms with van der Waals surface area (Å²) in [5, 5.41) is 0. The van der Waals surface area contributed by atoms with Crippen molar-refractivity contribution >= 4 is 0 Å². The fourth-order valence-corrected chi connectivity index (χ4v) is 0.311. The molecular formula is C10H24O. The third-order valence-corrected chi connectivity index (χ3v) is 0.779. The van der Waals surface area contributed by atoms with Crippen LogP contribution in [0.25, 0.3) is 0 Å². The van der Waals surface area contributed by atoms with Crippen molar-refractivity contribution in [3.05, 3.63) is 11.8 Å². The Morgan fingerprint density at radius 2 is 1.55 bits per heavy atom. The summed E-state index contributed by atoms with van der Waals surface area (Å²) in [5.74, 6) is 1.00. The average Bonchev–Trinajstić information content (AvgIpc) is 2.12. The summed E-state index contributed by atoms with van der Waals surface area (Å²) in [6.07, 6.45) is 1.95. The van der Waals surface area contributed by atoms with Crippen LogP contribution in [0.15, 0.2) is 11.8 Å². The predicted octanol–water partition coefficient (Wildman–Crippen LogP) is 4.00. The van der Waals surface area contributed by atoms with Crippen LogP contribution in [-0.4, -0.2) is 6.61 Å². The van der Waals surface area contributed by atoms with Gasteiger partial charge in [-0.25, -0.2) is 0 Å². The van der Waals surface area contributed by atoms with Crippen LogP contribution < -0.4 is 0 Å². The maximum atomic E-state index is 5.05. The molecule has 0 aliphatic carbocycles. The molecule has 0 aliphatic rings. The van der Waals surface area contributed by atoms with Gasteiger partial charge >= 0.3 is 0 Å². The van der Waals surface area contributed by atoms with Crippen LogP contribution in [0, 0.1) is 0 Å². The van der Waals surface area contributed by atoms with Crippen molar-refractivity contribution in [1.82, 2.24) is 0 Å². The summed E-state index contributed by atoms with van der Waals surface area (Å²) in [5.41, 5.74) is 0. The summed E-state index contributed by atoms with van der Waals surface area (Å²) < 4.78 is 5.05. The van der Waals surface area contributed by atoms with Gasteiger partial charge in [0.05, 0.1) is 12.4 Å². The van der Waals surface area contributed by atoms with Gasteiger partial charge in [0.25, 0.3) is 0 Å². The maximum absolute atomic E-state index is 5.05. The van der Waals surface area contributed by atoms with E-state index in [-0.39, 0.29) is 0 Å². The van der Waals surface area contributed by atoms with Gasteiger partial charge in [-0.3, -0.25) is 0 Å². The SMILES string of the molecule is C/C=C(/C)OCC.CC.CC. The van der Waals surface area contributed by atoms with Gasteiger partial charge in [0.15, 0.2) is 0 Å². The van der Waals surface area contributed by atoms with Gasteiger partial charge in [0.2, 0.25) is 0 Å². The lowest BCUT2D eigenvalue weighted by Crippen LogP contribution is -1.83. The molecule has 0 aliphatic heterocycles. The van der Waals surface area contributed by atoms with E-state index in [1.807, 2.05) is 54.5 Å². The molecule has 70 valence electrons. The molecule has 0 amide bonds. The third-order valence-electron chi connectivity index (χ3n) is 0.779. The molecule has 0 bridgehead atoms.